The van der Waals surface area contributed by atoms with Crippen molar-refractivity contribution >= 4 is 27.7 Å². The van der Waals surface area contributed by atoms with Gasteiger partial charge in [0, 0.05) is 19.2 Å². The van der Waals surface area contributed by atoms with Crippen molar-refractivity contribution in [2.75, 3.05) is 17.7 Å². The van der Waals surface area contributed by atoms with E-state index in [-0.39, 0.29) is 0 Å². The molecule has 0 radical (unpaired) electrons. The number of nitrogens with two attached hydrogens (primary N) is 1. The summed E-state index contributed by atoms with van der Waals surface area (Å²) in [5.74, 6) is 1.12. The third-order valence-corrected chi connectivity index (χ3v) is 2.20. The molecule has 0 saturated carbocycles. The molecule has 72 valence electrons. The Kier molecular flexibility index (Phi) is 3.08. The predicted molar refractivity (Wildman–Crippen MR) is 57.7 cm³/mol. The van der Waals surface area contributed by atoms with Crippen LogP contribution in [0, 0.1) is 0 Å². The lowest BCUT2D eigenvalue weighted by molar-refractivity contribution is 0.728. The number of nitrogens with zero attached hydrogens (tertiary/aromatic N) is 3. The second kappa shape index (κ2) is 3.91. The molecule has 0 unspecified atom stereocenters. The summed E-state index contributed by atoms with van der Waals surface area (Å²) in [7, 11) is 1.94. The van der Waals surface area contributed by atoms with Crippen molar-refractivity contribution in [2.45, 2.75) is 19.9 Å². The minimum absolute atomic E-state index is 0.355. The van der Waals surface area contributed by atoms with Crippen LogP contribution >= 0.6 is 15.9 Å². The third kappa shape index (κ3) is 2.55. The molecule has 1 aromatic rings. The van der Waals surface area contributed by atoms with Gasteiger partial charge in [-0.2, -0.15) is 4.98 Å². The molecule has 0 bridgehead atoms. The van der Waals surface area contributed by atoms with Gasteiger partial charge in [0.1, 0.15) is 10.4 Å². The maximum Gasteiger partial charge on any atom is 0.228 e. The summed E-state index contributed by atoms with van der Waals surface area (Å²) in [4.78, 5) is 10.3. The fourth-order valence-electron chi connectivity index (χ4n) is 0.811. The van der Waals surface area contributed by atoms with Crippen molar-refractivity contribution < 1.29 is 0 Å². The van der Waals surface area contributed by atoms with Crippen molar-refractivity contribution in [1.82, 2.24) is 9.97 Å². The Hall–Kier alpha value is -0.840. The molecule has 0 atom stereocenters. The van der Waals surface area contributed by atoms with Crippen LogP contribution in [0.3, 0.4) is 0 Å². The fourth-order valence-corrected chi connectivity index (χ4v) is 1.20. The molecule has 0 aliphatic rings. The molecule has 0 spiro atoms. The normalized spacial score (nSPS) is 10.5. The quantitative estimate of drug-likeness (QED) is 0.805. The summed E-state index contributed by atoms with van der Waals surface area (Å²) in [5, 5.41) is 0. The highest BCUT2D eigenvalue weighted by Gasteiger charge is 2.09. The van der Waals surface area contributed by atoms with Crippen LogP contribution in [-0.4, -0.2) is 23.1 Å². The zero-order valence-corrected chi connectivity index (χ0v) is 9.54. The number of halogens is 1. The maximum absolute atomic E-state index is 5.59. The van der Waals surface area contributed by atoms with E-state index in [1.165, 1.54) is 0 Å². The van der Waals surface area contributed by atoms with Gasteiger partial charge in [0.15, 0.2) is 0 Å². The lowest BCUT2D eigenvalue weighted by atomic mass is 10.4. The SMILES string of the molecule is CC(C)N(C)c1nc(N)cc(Br)n1. The number of rotatable bonds is 2. The predicted octanol–water partition coefficient (Wildman–Crippen LogP) is 1.67. The molecule has 13 heavy (non-hydrogen) atoms. The monoisotopic (exact) mass is 244 g/mol. The van der Waals surface area contributed by atoms with E-state index in [2.05, 4.69) is 39.7 Å². The first-order valence-corrected chi connectivity index (χ1v) is 4.83. The number of hydrogen-bond donors (Lipinski definition) is 1. The molecule has 1 aromatic heterocycles. The van der Waals surface area contributed by atoms with E-state index in [4.69, 9.17) is 5.73 Å². The molecule has 0 fully saturated rings. The van der Waals surface area contributed by atoms with Crippen LogP contribution in [0.2, 0.25) is 0 Å². The fraction of sp³-hybridized carbons (Fsp3) is 0.500. The molecule has 0 aromatic carbocycles. The third-order valence-electron chi connectivity index (χ3n) is 1.79. The molecule has 4 nitrogen and oxygen atoms in total. The number of anilines is 2. The van der Waals surface area contributed by atoms with Crippen molar-refractivity contribution in [1.29, 1.82) is 0 Å². The standard InChI is InChI=1S/C8H13BrN4/c1-5(2)13(3)8-11-6(9)4-7(10)12-8/h4-5H,1-3H3,(H2,10,11,12). The van der Waals surface area contributed by atoms with Gasteiger partial charge >= 0.3 is 0 Å². The molecular weight excluding hydrogens is 232 g/mol. The molecule has 0 amide bonds. The zero-order chi connectivity index (χ0) is 10.0. The van der Waals surface area contributed by atoms with Crippen LogP contribution in [-0.2, 0) is 0 Å². The molecule has 1 rings (SSSR count). The van der Waals surface area contributed by atoms with Crippen LogP contribution in [0.5, 0.6) is 0 Å². The van der Waals surface area contributed by atoms with E-state index >= 15 is 0 Å². The zero-order valence-electron chi connectivity index (χ0n) is 7.95. The van der Waals surface area contributed by atoms with Crippen LogP contribution < -0.4 is 10.6 Å². The van der Waals surface area contributed by atoms with E-state index in [1.807, 2.05) is 11.9 Å². The number of nitrogen functional groups attached to an aromatic ring is 1. The van der Waals surface area contributed by atoms with Gasteiger partial charge in [0.2, 0.25) is 5.95 Å². The summed E-state index contributed by atoms with van der Waals surface area (Å²) in [6.07, 6.45) is 0. The minimum atomic E-state index is 0.355. The second-order valence-corrected chi connectivity index (χ2v) is 3.93. The lowest BCUT2D eigenvalue weighted by Gasteiger charge is -2.21. The number of hydrogen-bond acceptors (Lipinski definition) is 4. The van der Waals surface area contributed by atoms with E-state index < -0.39 is 0 Å². The van der Waals surface area contributed by atoms with Crippen LogP contribution in [0.4, 0.5) is 11.8 Å². The molecule has 5 heteroatoms. The summed E-state index contributed by atoms with van der Waals surface area (Å²) in [6.45, 7) is 4.14. The van der Waals surface area contributed by atoms with Gasteiger partial charge in [-0.3, -0.25) is 0 Å². The van der Waals surface area contributed by atoms with Crippen molar-refractivity contribution in [3.05, 3.63) is 10.7 Å². The summed E-state index contributed by atoms with van der Waals surface area (Å²) < 4.78 is 0.711. The molecule has 2 N–H and O–H groups in total. The van der Waals surface area contributed by atoms with E-state index in [1.54, 1.807) is 6.07 Å². The number of aromatic nitrogens is 2. The largest absolute Gasteiger partial charge is 0.383 e. The Morgan fingerprint density at radius 3 is 2.54 bits per heavy atom. The molecular formula is C8H13BrN4. The first-order valence-electron chi connectivity index (χ1n) is 4.03. The average Bonchev–Trinajstić information content (AvgIpc) is 2.01. The van der Waals surface area contributed by atoms with Gasteiger partial charge < -0.3 is 10.6 Å². The highest BCUT2D eigenvalue weighted by molar-refractivity contribution is 9.10. The summed E-state index contributed by atoms with van der Waals surface area (Å²) >= 11 is 3.27. The van der Waals surface area contributed by atoms with Gasteiger partial charge in [-0.1, -0.05) is 0 Å². The average molecular weight is 245 g/mol. The first-order chi connectivity index (χ1) is 6.00. The van der Waals surface area contributed by atoms with E-state index in [0.29, 0.717) is 22.4 Å². The summed E-state index contributed by atoms with van der Waals surface area (Å²) in [6, 6.07) is 2.03. The van der Waals surface area contributed by atoms with E-state index in [0.717, 1.165) is 0 Å². The summed E-state index contributed by atoms with van der Waals surface area (Å²) in [5.41, 5.74) is 5.59. The molecule has 0 aliphatic heterocycles. The van der Waals surface area contributed by atoms with Crippen molar-refractivity contribution in [3.63, 3.8) is 0 Å². The molecule has 0 aliphatic carbocycles. The van der Waals surface area contributed by atoms with Crippen LogP contribution in [0.1, 0.15) is 13.8 Å². The Balaban J connectivity index is 3.01. The maximum atomic E-state index is 5.59. The Morgan fingerprint density at radius 2 is 2.08 bits per heavy atom. The van der Waals surface area contributed by atoms with Gasteiger partial charge in [0.25, 0.3) is 0 Å². The molecule has 1 heterocycles. The minimum Gasteiger partial charge on any atom is -0.383 e. The smallest absolute Gasteiger partial charge is 0.228 e. The van der Waals surface area contributed by atoms with E-state index in [9.17, 15) is 0 Å². The first kappa shape index (κ1) is 10.2. The highest BCUT2D eigenvalue weighted by atomic mass is 79.9. The highest BCUT2D eigenvalue weighted by Crippen LogP contribution is 2.16. The Morgan fingerprint density at radius 1 is 1.46 bits per heavy atom. The van der Waals surface area contributed by atoms with Gasteiger partial charge in [0.05, 0.1) is 0 Å². The topological polar surface area (TPSA) is 55.0 Å². The van der Waals surface area contributed by atoms with Gasteiger partial charge in [-0.25, -0.2) is 4.98 Å². The van der Waals surface area contributed by atoms with Crippen molar-refractivity contribution in [3.8, 4) is 0 Å². The van der Waals surface area contributed by atoms with Crippen LogP contribution in [0.15, 0.2) is 10.7 Å². The van der Waals surface area contributed by atoms with Gasteiger partial charge in [-0.15, -0.1) is 0 Å². The molecule has 0 saturated heterocycles. The Bertz CT molecular complexity index is 280. The van der Waals surface area contributed by atoms with Crippen molar-refractivity contribution in [2.24, 2.45) is 0 Å². The van der Waals surface area contributed by atoms with Gasteiger partial charge in [-0.05, 0) is 29.8 Å². The Labute approximate surface area is 86.3 Å². The lowest BCUT2D eigenvalue weighted by Crippen LogP contribution is -2.27. The second-order valence-electron chi connectivity index (χ2n) is 3.12. The van der Waals surface area contributed by atoms with Crippen LogP contribution in [0.25, 0.3) is 0 Å².